The zero-order valence-electron chi connectivity index (χ0n) is 12.2. The fourth-order valence-corrected chi connectivity index (χ4v) is 3.09. The largest absolute Gasteiger partial charge is 0.420 e. The van der Waals surface area contributed by atoms with Gasteiger partial charge in [-0.2, -0.15) is 4.58 Å². The van der Waals surface area contributed by atoms with Crippen molar-refractivity contribution in [1.29, 1.82) is 0 Å². The Morgan fingerprint density at radius 1 is 0.864 bits per heavy atom. The minimum Gasteiger partial charge on any atom is -0.214 e. The summed E-state index contributed by atoms with van der Waals surface area (Å²) in [5, 5.41) is 2.12. The molecule has 0 unspecified atom stereocenters. The Balaban J connectivity index is 1.80. The summed E-state index contributed by atoms with van der Waals surface area (Å²) in [4.78, 5) is 12.9. The number of carbonyl (C=O) groups excluding carboxylic acids is 1. The third-order valence-corrected chi connectivity index (χ3v) is 4.25. The Bertz CT molecular complexity index is 903. The summed E-state index contributed by atoms with van der Waals surface area (Å²) in [5.74, 6) is 0.0753. The third kappa shape index (κ3) is 2.13. The van der Waals surface area contributed by atoms with E-state index in [2.05, 4.69) is 18.2 Å². The zero-order chi connectivity index (χ0) is 14.9. The van der Waals surface area contributed by atoms with Crippen LogP contribution in [0.1, 0.15) is 21.5 Å². The van der Waals surface area contributed by atoms with Gasteiger partial charge in [0.15, 0.2) is 12.8 Å². The van der Waals surface area contributed by atoms with Crippen LogP contribution in [0.15, 0.2) is 66.7 Å². The van der Waals surface area contributed by atoms with Crippen LogP contribution in [-0.2, 0) is 6.42 Å². The first-order valence-electron chi connectivity index (χ1n) is 7.54. The number of amides is 1. The van der Waals surface area contributed by atoms with Gasteiger partial charge < -0.3 is 0 Å². The van der Waals surface area contributed by atoms with Crippen molar-refractivity contribution >= 4 is 22.9 Å². The van der Waals surface area contributed by atoms with Crippen LogP contribution >= 0.6 is 0 Å². The van der Waals surface area contributed by atoms with E-state index in [1.165, 1.54) is 5.56 Å². The van der Waals surface area contributed by atoms with E-state index in [0.717, 1.165) is 34.9 Å². The molecule has 0 radical (unpaired) electrons. The van der Waals surface area contributed by atoms with Gasteiger partial charge in [-0.15, -0.1) is 0 Å². The van der Waals surface area contributed by atoms with Crippen molar-refractivity contribution in [1.82, 2.24) is 0 Å². The first-order valence-corrected chi connectivity index (χ1v) is 7.54. The summed E-state index contributed by atoms with van der Waals surface area (Å²) in [5.41, 5.74) is 3.22. The Morgan fingerprint density at radius 3 is 2.59 bits per heavy atom. The van der Waals surface area contributed by atoms with Gasteiger partial charge in [0, 0.05) is 12.0 Å². The van der Waals surface area contributed by atoms with Gasteiger partial charge in [0.2, 0.25) is 0 Å². The third-order valence-electron chi connectivity index (χ3n) is 4.25. The minimum absolute atomic E-state index is 0.0753. The molecule has 106 valence electrons. The lowest BCUT2D eigenvalue weighted by atomic mass is 10.0. The molecular formula is C20H16NO+. The highest BCUT2D eigenvalue weighted by atomic mass is 16.2. The highest BCUT2D eigenvalue weighted by Gasteiger charge is 2.25. The number of rotatable bonds is 1. The summed E-state index contributed by atoms with van der Waals surface area (Å²) < 4.78 is 1.84. The molecule has 1 heterocycles. The van der Waals surface area contributed by atoms with Crippen LogP contribution in [0.5, 0.6) is 0 Å². The van der Waals surface area contributed by atoms with Crippen molar-refractivity contribution < 1.29 is 9.37 Å². The van der Waals surface area contributed by atoms with Crippen LogP contribution < -0.4 is 0 Å². The molecule has 0 fully saturated rings. The second-order valence-corrected chi connectivity index (χ2v) is 5.60. The Hall–Kier alpha value is -2.74. The van der Waals surface area contributed by atoms with E-state index >= 15 is 0 Å². The number of benzene rings is 3. The predicted octanol–water partition coefficient (Wildman–Crippen LogP) is 3.67. The molecule has 2 nitrogen and oxygen atoms in total. The molecule has 3 aromatic carbocycles. The molecule has 1 aliphatic heterocycles. The van der Waals surface area contributed by atoms with E-state index in [1.54, 1.807) is 0 Å². The van der Waals surface area contributed by atoms with Gasteiger partial charge in [-0.25, -0.2) is 4.79 Å². The topological polar surface area (TPSA) is 20.1 Å². The molecule has 0 saturated carbocycles. The second kappa shape index (κ2) is 5.23. The van der Waals surface area contributed by atoms with Gasteiger partial charge in [0.25, 0.3) is 0 Å². The minimum atomic E-state index is 0.0753. The van der Waals surface area contributed by atoms with Crippen molar-refractivity contribution in [3.8, 4) is 0 Å². The number of fused-ring (bicyclic) bond motifs is 2. The van der Waals surface area contributed by atoms with Gasteiger partial charge in [0.05, 0.1) is 5.56 Å². The van der Waals surface area contributed by atoms with Gasteiger partial charge in [-0.1, -0.05) is 54.6 Å². The highest BCUT2D eigenvalue weighted by Crippen LogP contribution is 2.20. The van der Waals surface area contributed by atoms with E-state index in [1.807, 2.05) is 59.3 Å². The maximum atomic E-state index is 12.9. The number of nitrogens with zero attached hydrogens (tertiary/aromatic N) is 1. The van der Waals surface area contributed by atoms with Crippen LogP contribution in [0.25, 0.3) is 10.8 Å². The summed E-state index contributed by atoms with van der Waals surface area (Å²) >= 11 is 0. The Morgan fingerprint density at radius 2 is 1.64 bits per heavy atom. The summed E-state index contributed by atoms with van der Waals surface area (Å²) in [6.07, 6.45) is 2.88. The van der Waals surface area contributed by atoms with E-state index in [9.17, 15) is 4.79 Å². The Labute approximate surface area is 129 Å². The summed E-state index contributed by atoms with van der Waals surface area (Å²) in [6.45, 7) is 0.735. The highest BCUT2D eigenvalue weighted by molar-refractivity contribution is 6.05. The smallest absolute Gasteiger partial charge is 0.214 e. The van der Waals surface area contributed by atoms with Gasteiger partial charge >= 0.3 is 5.91 Å². The molecule has 1 amide bonds. The van der Waals surface area contributed by atoms with Crippen molar-refractivity contribution in [2.45, 2.75) is 6.42 Å². The van der Waals surface area contributed by atoms with Gasteiger partial charge in [-0.3, -0.25) is 0 Å². The molecule has 0 aromatic heterocycles. The molecule has 0 bridgehead atoms. The SMILES string of the molecule is O=C(c1cccc2ccccc12)[N+]1=Cc2ccccc2CC1. The molecule has 0 saturated heterocycles. The molecule has 3 aromatic rings. The molecular weight excluding hydrogens is 270 g/mol. The lowest BCUT2D eigenvalue weighted by Gasteiger charge is -2.11. The van der Waals surface area contributed by atoms with Crippen LogP contribution in [0.4, 0.5) is 0 Å². The van der Waals surface area contributed by atoms with Crippen LogP contribution in [0.3, 0.4) is 0 Å². The van der Waals surface area contributed by atoms with E-state index in [0.29, 0.717) is 0 Å². The fourth-order valence-electron chi connectivity index (χ4n) is 3.09. The standard InChI is InChI=1S/C20H16NO/c22-20(19-11-5-9-16-7-3-4-10-18(16)19)21-13-12-15-6-1-2-8-17(15)14-21/h1-11,14H,12-13H2/q+1. The fraction of sp³-hybridized carbons (Fsp3) is 0.100. The van der Waals surface area contributed by atoms with Gasteiger partial charge in [-0.05, 0) is 28.5 Å². The molecule has 0 spiro atoms. The van der Waals surface area contributed by atoms with E-state index in [4.69, 9.17) is 0 Å². The number of carbonyl (C=O) groups is 1. The molecule has 4 rings (SSSR count). The second-order valence-electron chi connectivity index (χ2n) is 5.60. The average molecular weight is 286 g/mol. The molecule has 22 heavy (non-hydrogen) atoms. The maximum Gasteiger partial charge on any atom is 0.420 e. The zero-order valence-corrected chi connectivity index (χ0v) is 12.2. The maximum absolute atomic E-state index is 12.9. The molecule has 0 aliphatic carbocycles. The summed E-state index contributed by atoms with van der Waals surface area (Å²) in [6, 6.07) is 22.2. The van der Waals surface area contributed by atoms with E-state index in [-0.39, 0.29) is 5.91 Å². The van der Waals surface area contributed by atoms with Crippen molar-refractivity contribution in [3.05, 3.63) is 83.4 Å². The van der Waals surface area contributed by atoms with Crippen molar-refractivity contribution in [2.75, 3.05) is 6.54 Å². The van der Waals surface area contributed by atoms with Gasteiger partial charge in [0.1, 0.15) is 0 Å². The quantitative estimate of drug-likeness (QED) is 0.625. The normalized spacial score (nSPS) is 13.5. The number of hydrogen-bond acceptors (Lipinski definition) is 1. The summed E-state index contributed by atoms with van der Waals surface area (Å²) in [7, 11) is 0. The Kier molecular flexibility index (Phi) is 3.08. The molecule has 2 heteroatoms. The number of hydrogen-bond donors (Lipinski definition) is 0. The molecule has 0 N–H and O–H groups in total. The van der Waals surface area contributed by atoms with Crippen LogP contribution in [0, 0.1) is 0 Å². The van der Waals surface area contributed by atoms with E-state index < -0.39 is 0 Å². The predicted molar refractivity (Wildman–Crippen MR) is 88.7 cm³/mol. The van der Waals surface area contributed by atoms with Crippen LogP contribution in [-0.4, -0.2) is 23.2 Å². The molecule has 0 atom stereocenters. The lowest BCUT2D eigenvalue weighted by Crippen LogP contribution is -2.28. The van der Waals surface area contributed by atoms with Crippen LogP contribution in [0.2, 0.25) is 0 Å². The first-order chi connectivity index (χ1) is 10.8. The molecule has 1 aliphatic rings. The van der Waals surface area contributed by atoms with Crippen molar-refractivity contribution in [3.63, 3.8) is 0 Å². The monoisotopic (exact) mass is 286 g/mol. The van der Waals surface area contributed by atoms with Crippen molar-refractivity contribution in [2.24, 2.45) is 0 Å². The first kappa shape index (κ1) is 13.0. The average Bonchev–Trinajstić information content (AvgIpc) is 2.60. The lowest BCUT2D eigenvalue weighted by molar-refractivity contribution is -0.424.